The number of halogens is 1. The maximum absolute atomic E-state index is 14.2. The molecule has 1 atom stereocenters. The van der Waals surface area contributed by atoms with E-state index in [0.29, 0.717) is 13.2 Å². The average Bonchev–Trinajstić information content (AvgIpc) is 3.44. The van der Waals surface area contributed by atoms with Crippen LogP contribution in [0.2, 0.25) is 0 Å². The van der Waals surface area contributed by atoms with Crippen molar-refractivity contribution in [2.75, 3.05) is 31.6 Å². The van der Waals surface area contributed by atoms with Gasteiger partial charge in [0.2, 0.25) is 0 Å². The maximum Gasteiger partial charge on any atom is 0.291 e. The first-order valence-corrected chi connectivity index (χ1v) is 11.6. The molecule has 0 saturated carbocycles. The highest BCUT2D eigenvalue weighted by molar-refractivity contribution is 7.16. The van der Waals surface area contributed by atoms with E-state index < -0.39 is 0 Å². The van der Waals surface area contributed by atoms with Gasteiger partial charge in [0.05, 0.1) is 25.5 Å². The van der Waals surface area contributed by atoms with Crippen LogP contribution >= 0.6 is 11.3 Å². The van der Waals surface area contributed by atoms with Crippen LogP contribution in [-0.4, -0.2) is 37.1 Å². The number of aryl methyl sites for hydroxylation is 1. The first kappa shape index (κ1) is 20.4. The number of nitrogens with one attached hydrogen (secondary N) is 1. The monoisotopic (exact) mass is 440 g/mol. The van der Waals surface area contributed by atoms with E-state index in [1.165, 1.54) is 22.8 Å². The number of nitrogens with zero attached hydrogens (tertiary/aromatic N) is 1. The second-order valence-electron chi connectivity index (χ2n) is 7.99. The van der Waals surface area contributed by atoms with Crippen molar-refractivity contribution < 1.29 is 18.3 Å². The van der Waals surface area contributed by atoms with Gasteiger partial charge >= 0.3 is 0 Å². The summed E-state index contributed by atoms with van der Waals surface area (Å²) in [6, 6.07) is 10.1. The van der Waals surface area contributed by atoms with Gasteiger partial charge in [-0.05, 0) is 61.1 Å². The van der Waals surface area contributed by atoms with Crippen molar-refractivity contribution in [3.8, 4) is 0 Å². The van der Waals surface area contributed by atoms with E-state index >= 15 is 0 Å². The predicted octanol–water partition coefficient (Wildman–Crippen LogP) is 5.03. The van der Waals surface area contributed by atoms with Gasteiger partial charge in [0.15, 0.2) is 5.76 Å². The SMILES string of the molecule is O=C(Nc1sc2c(c1[C@H](c1cccc(F)c1)N1CCOCC1)CCCC2)c1ccco1. The zero-order chi connectivity index (χ0) is 21.2. The molecule has 1 aliphatic heterocycles. The summed E-state index contributed by atoms with van der Waals surface area (Å²) in [6.07, 6.45) is 5.77. The number of thiophene rings is 1. The minimum Gasteiger partial charge on any atom is -0.459 e. The quantitative estimate of drug-likeness (QED) is 0.604. The Morgan fingerprint density at radius 3 is 2.74 bits per heavy atom. The Hall–Kier alpha value is -2.48. The summed E-state index contributed by atoms with van der Waals surface area (Å²) in [7, 11) is 0. The van der Waals surface area contributed by atoms with Crippen LogP contribution in [0.15, 0.2) is 47.1 Å². The van der Waals surface area contributed by atoms with Gasteiger partial charge in [-0.15, -0.1) is 11.3 Å². The van der Waals surface area contributed by atoms with Crippen LogP contribution in [0.1, 0.15) is 51.0 Å². The third-order valence-corrected chi connectivity index (χ3v) is 7.26. The molecule has 5 nitrogen and oxygen atoms in total. The number of fused-ring (bicyclic) bond motifs is 1. The highest BCUT2D eigenvalue weighted by Crippen LogP contribution is 2.45. The van der Waals surface area contributed by atoms with Crippen LogP contribution in [0.4, 0.5) is 9.39 Å². The van der Waals surface area contributed by atoms with Gasteiger partial charge in [0.1, 0.15) is 10.8 Å². The number of morpholine rings is 1. The summed E-state index contributed by atoms with van der Waals surface area (Å²) in [5, 5.41) is 3.95. The van der Waals surface area contributed by atoms with Crippen molar-refractivity contribution in [3.63, 3.8) is 0 Å². The molecular formula is C24H25FN2O3S. The fourth-order valence-electron chi connectivity index (χ4n) is 4.62. The fraction of sp³-hybridized carbons (Fsp3) is 0.375. The van der Waals surface area contributed by atoms with Crippen LogP contribution in [0.5, 0.6) is 0 Å². The van der Waals surface area contributed by atoms with Gasteiger partial charge in [-0.25, -0.2) is 4.39 Å². The number of ether oxygens (including phenoxy) is 1. The van der Waals surface area contributed by atoms with Crippen molar-refractivity contribution in [1.29, 1.82) is 0 Å². The van der Waals surface area contributed by atoms with Gasteiger partial charge in [-0.2, -0.15) is 0 Å². The van der Waals surface area contributed by atoms with E-state index in [1.807, 2.05) is 6.07 Å². The Bertz CT molecular complexity index is 1060. The summed E-state index contributed by atoms with van der Waals surface area (Å²) < 4.78 is 25.1. The second kappa shape index (κ2) is 8.94. The number of anilines is 1. The third kappa shape index (κ3) is 4.18. The summed E-state index contributed by atoms with van der Waals surface area (Å²) in [6.45, 7) is 2.81. The average molecular weight is 441 g/mol. The van der Waals surface area contributed by atoms with Crippen molar-refractivity contribution in [2.24, 2.45) is 0 Å². The largest absolute Gasteiger partial charge is 0.459 e. The van der Waals surface area contributed by atoms with E-state index in [9.17, 15) is 9.18 Å². The summed E-state index contributed by atoms with van der Waals surface area (Å²) in [5.74, 6) is -0.225. The number of benzene rings is 1. The lowest BCUT2D eigenvalue weighted by atomic mass is 9.88. The van der Waals surface area contributed by atoms with E-state index in [-0.39, 0.29) is 23.5 Å². The van der Waals surface area contributed by atoms with Gasteiger partial charge in [-0.3, -0.25) is 9.69 Å². The van der Waals surface area contributed by atoms with Crippen LogP contribution in [0.25, 0.3) is 0 Å². The summed E-state index contributed by atoms with van der Waals surface area (Å²) in [4.78, 5) is 16.5. The third-order valence-electron chi connectivity index (χ3n) is 6.03. The summed E-state index contributed by atoms with van der Waals surface area (Å²) in [5.41, 5.74) is 3.32. The molecule has 31 heavy (non-hydrogen) atoms. The predicted molar refractivity (Wildman–Crippen MR) is 118 cm³/mol. The van der Waals surface area contributed by atoms with E-state index in [2.05, 4.69) is 10.2 Å². The fourth-order valence-corrected chi connectivity index (χ4v) is 5.93. The maximum atomic E-state index is 14.2. The number of amides is 1. The highest BCUT2D eigenvalue weighted by atomic mass is 32.1. The lowest BCUT2D eigenvalue weighted by Crippen LogP contribution is -2.40. The Kier molecular flexibility index (Phi) is 5.89. The van der Waals surface area contributed by atoms with Crippen LogP contribution in [0.3, 0.4) is 0 Å². The van der Waals surface area contributed by atoms with Gasteiger partial charge in [-0.1, -0.05) is 12.1 Å². The van der Waals surface area contributed by atoms with Crippen LogP contribution in [-0.2, 0) is 17.6 Å². The van der Waals surface area contributed by atoms with Crippen molar-refractivity contribution in [3.05, 3.63) is 75.8 Å². The molecule has 2 aromatic heterocycles. The summed E-state index contributed by atoms with van der Waals surface area (Å²) >= 11 is 1.65. The molecule has 1 amide bonds. The Labute approximate surface area is 184 Å². The number of rotatable bonds is 5. The van der Waals surface area contributed by atoms with Gasteiger partial charge < -0.3 is 14.5 Å². The molecule has 3 aromatic rings. The van der Waals surface area contributed by atoms with E-state index in [1.54, 1.807) is 35.6 Å². The van der Waals surface area contributed by atoms with Crippen molar-refractivity contribution in [1.82, 2.24) is 4.90 Å². The Balaban J connectivity index is 1.62. The molecule has 3 heterocycles. The molecule has 1 aromatic carbocycles. The first-order valence-electron chi connectivity index (χ1n) is 10.8. The topological polar surface area (TPSA) is 54.7 Å². The molecule has 0 bridgehead atoms. The highest BCUT2D eigenvalue weighted by Gasteiger charge is 2.33. The Morgan fingerprint density at radius 2 is 1.97 bits per heavy atom. The second-order valence-corrected chi connectivity index (χ2v) is 9.10. The molecular weight excluding hydrogens is 415 g/mol. The molecule has 2 aliphatic rings. The standard InChI is InChI=1S/C24H25FN2O3S/c25-17-6-3-5-16(15-17)22(27-10-13-29-14-11-27)21-18-7-1-2-9-20(18)31-24(21)26-23(28)19-8-4-12-30-19/h3-6,8,12,15,22H,1-2,7,9-11,13-14H2,(H,26,28)/t22-/m0/s1. The molecule has 0 spiro atoms. The van der Waals surface area contributed by atoms with E-state index in [4.69, 9.17) is 9.15 Å². The first-order chi connectivity index (χ1) is 15.2. The van der Waals surface area contributed by atoms with Crippen molar-refractivity contribution >= 4 is 22.2 Å². The lowest BCUT2D eigenvalue weighted by molar-refractivity contribution is 0.0239. The smallest absolute Gasteiger partial charge is 0.291 e. The molecule has 0 unspecified atom stereocenters. The van der Waals surface area contributed by atoms with E-state index in [0.717, 1.165) is 54.9 Å². The Morgan fingerprint density at radius 1 is 1.13 bits per heavy atom. The lowest BCUT2D eigenvalue weighted by Gasteiger charge is -2.36. The molecule has 7 heteroatoms. The number of carbonyl (C=O) groups is 1. The molecule has 1 aliphatic carbocycles. The molecule has 162 valence electrons. The number of hydrogen-bond acceptors (Lipinski definition) is 5. The van der Waals surface area contributed by atoms with Gasteiger partial charge in [0, 0.05) is 23.5 Å². The van der Waals surface area contributed by atoms with Crippen molar-refractivity contribution in [2.45, 2.75) is 31.7 Å². The van der Waals surface area contributed by atoms with Gasteiger partial charge in [0.25, 0.3) is 5.91 Å². The molecule has 1 N–H and O–H groups in total. The molecule has 1 fully saturated rings. The molecule has 1 saturated heterocycles. The van der Waals surface area contributed by atoms with Crippen LogP contribution in [0, 0.1) is 5.82 Å². The number of furan rings is 1. The zero-order valence-electron chi connectivity index (χ0n) is 17.2. The number of carbonyl (C=O) groups excluding carboxylic acids is 1. The zero-order valence-corrected chi connectivity index (χ0v) is 18.1. The normalized spacial score (nSPS) is 17.8. The minimum absolute atomic E-state index is 0.135. The molecule has 0 radical (unpaired) electrons. The van der Waals surface area contributed by atoms with Crippen LogP contribution < -0.4 is 5.32 Å². The molecule has 5 rings (SSSR count). The number of hydrogen-bond donors (Lipinski definition) is 1. The minimum atomic E-state index is -0.259.